The molecule has 1 N–H and O–H groups in total. The van der Waals surface area contributed by atoms with Crippen LogP contribution in [0.2, 0.25) is 5.02 Å². The van der Waals surface area contributed by atoms with Gasteiger partial charge in [0.25, 0.3) is 5.91 Å². The predicted molar refractivity (Wildman–Crippen MR) is 95.8 cm³/mol. The van der Waals surface area contributed by atoms with Gasteiger partial charge in [-0.15, -0.1) is 0 Å². The Hall–Kier alpha value is -2.53. The van der Waals surface area contributed by atoms with Crippen LogP contribution in [0.3, 0.4) is 0 Å². The Balaban J connectivity index is 1.74. The number of ether oxygens (including phenoxy) is 2. The molecule has 0 heterocycles. The molecule has 0 bridgehead atoms. The third kappa shape index (κ3) is 6.47. The number of nitrogens with one attached hydrogen (secondary N) is 1. The van der Waals surface area contributed by atoms with Gasteiger partial charge in [-0.25, -0.2) is 4.79 Å². The van der Waals surface area contributed by atoms with E-state index in [1.54, 1.807) is 36.4 Å². The van der Waals surface area contributed by atoms with E-state index < -0.39 is 5.97 Å². The number of carbonyl (C=O) groups is 2. The maximum Gasteiger partial charge on any atom is 0.338 e. The number of amides is 1. The highest BCUT2D eigenvalue weighted by atomic mass is 35.5. The molecule has 0 atom stereocenters. The molecule has 0 aliphatic carbocycles. The SMILES string of the molecule is CCCOc1ccc(C(=O)OCC(=O)NCc2ccc(Cl)cc2)cc1. The van der Waals surface area contributed by atoms with Gasteiger partial charge in [-0.1, -0.05) is 30.7 Å². The summed E-state index contributed by atoms with van der Waals surface area (Å²) in [7, 11) is 0. The standard InChI is InChI=1S/C19H20ClNO4/c1-2-11-24-17-9-5-15(6-10-17)19(23)25-13-18(22)21-12-14-3-7-16(20)8-4-14/h3-10H,2,11-13H2,1H3,(H,21,22). The first-order valence-corrected chi connectivity index (χ1v) is 8.37. The summed E-state index contributed by atoms with van der Waals surface area (Å²) < 4.78 is 10.5. The summed E-state index contributed by atoms with van der Waals surface area (Å²) in [6, 6.07) is 13.7. The van der Waals surface area contributed by atoms with Crippen LogP contribution in [0.4, 0.5) is 0 Å². The molecular formula is C19H20ClNO4. The topological polar surface area (TPSA) is 64.6 Å². The molecule has 0 aliphatic heterocycles. The van der Waals surface area contributed by atoms with E-state index in [1.165, 1.54) is 0 Å². The van der Waals surface area contributed by atoms with Gasteiger partial charge >= 0.3 is 5.97 Å². The summed E-state index contributed by atoms with van der Waals surface area (Å²) in [6.45, 7) is 2.65. The maximum atomic E-state index is 11.9. The summed E-state index contributed by atoms with van der Waals surface area (Å²) in [5.41, 5.74) is 1.28. The maximum absolute atomic E-state index is 11.9. The molecule has 2 aromatic rings. The fourth-order valence-corrected chi connectivity index (χ4v) is 2.10. The predicted octanol–water partition coefficient (Wildman–Crippen LogP) is 3.60. The summed E-state index contributed by atoms with van der Waals surface area (Å²) in [4.78, 5) is 23.7. The summed E-state index contributed by atoms with van der Waals surface area (Å²) in [5.74, 6) is -0.228. The second-order valence-corrected chi connectivity index (χ2v) is 5.79. The second-order valence-electron chi connectivity index (χ2n) is 5.35. The van der Waals surface area contributed by atoms with Gasteiger partial charge in [0.1, 0.15) is 5.75 Å². The Kier molecular flexibility index (Phi) is 7.29. The van der Waals surface area contributed by atoms with Crippen LogP contribution in [0, 0.1) is 0 Å². The summed E-state index contributed by atoms with van der Waals surface area (Å²) >= 11 is 5.80. The van der Waals surface area contributed by atoms with E-state index in [9.17, 15) is 9.59 Å². The molecule has 0 saturated heterocycles. The summed E-state index contributed by atoms with van der Waals surface area (Å²) in [5, 5.41) is 3.31. The van der Waals surface area contributed by atoms with E-state index in [4.69, 9.17) is 21.1 Å². The average molecular weight is 362 g/mol. The minimum Gasteiger partial charge on any atom is -0.494 e. The molecular weight excluding hydrogens is 342 g/mol. The number of halogens is 1. The molecule has 5 nitrogen and oxygen atoms in total. The van der Waals surface area contributed by atoms with Gasteiger partial charge in [0.2, 0.25) is 0 Å². The molecule has 1 amide bonds. The largest absolute Gasteiger partial charge is 0.494 e. The highest BCUT2D eigenvalue weighted by Crippen LogP contribution is 2.13. The van der Waals surface area contributed by atoms with Gasteiger partial charge in [0.05, 0.1) is 12.2 Å². The van der Waals surface area contributed by atoms with Crippen molar-refractivity contribution in [1.82, 2.24) is 5.32 Å². The van der Waals surface area contributed by atoms with Gasteiger partial charge in [-0.2, -0.15) is 0 Å². The fraction of sp³-hybridized carbons (Fsp3) is 0.263. The molecule has 0 spiro atoms. The molecule has 0 aromatic heterocycles. The molecule has 6 heteroatoms. The molecule has 0 radical (unpaired) electrons. The van der Waals surface area contributed by atoms with Crippen molar-refractivity contribution in [2.24, 2.45) is 0 Å². The summed E-state index contributed by atoms with van der Waals surface area (Å²) in [6.07, 6.45) is 0.912. The van der Waals surface area contributed by atoms with E-state index in [2.05, 4.69) is 5.32 Å². The van der Waals surface area contributed by atoms with E-state index in [1.807, 2.05) is 19.1 Å². The smallest absolute Gasteiger partial charge is 0.338 e. The average Bonchev–Trinajstić information content (AvgIpc) is 2.64. The van der Waals surface area contributed by atoms with Crippen molar-refractivity contribution in [3.05, 3.63) is 64.7 Å². The van der Waals surface area contributed by atoms with Crippen LogP contribution in [0.25, 0.3) is 0 Å². The molecule has 2 aromatic carbocycles. The monoisotopic (exact) mass is 361 g/mol. The van der Waals surface area contributed by atoms with Crippen LogP contribution in [-0.2, 0) is 16.1 Å². The lowest BCUT2D eigenvalue weighted by molar-refractivity contribution is -0.124. The first-order valence-electron chi connectivity index (χ1n) is 7.99. The number of carbonyl (C=O) groups excluding carboxylic acids is 2. The van der Waals surface area contributed by atoms with Crippen molar-refractivity contribution >= 4 is 23.5 Å². The van der Waals surface area contributed by atoms with Crippen LogP contribution >= 0.6 is 11.6 Å². The van der Waals surface area contributed by atoms with Gasteiger partial charge in [-0.3, -0.25) is 4.79 Å². The van der Waals surface area contributed by atoms with Gasteiger partial charge < -0.3 is 14.8 Å². The lowest BCUT2D eigenvalue weighted by Crippen LogP contribution is -2.28. The van der Waals surface area contributed by atoms with Crippen LogP contribution in [0.5, 0.6) is 5.75 Å². The van der Waals surface area contributed by atoms with Crippen molar-refractivity contribution < 1.29 is 19.1 Å². The number of esters is 1. The van der Waals surface area contributed by atoms with Crippen molar-refractivity contribution in [2.45, 2.75) is 19.9 Å². The first-order chi connectivity index (χ1) is 12.1. The molecule has 0 aliphatic rings. The van der Waals surface area contributed by atoms with Crippen LogP contribution in [-0.4, -0.2) is 25.1 Å². The van der Waals surface area contributed by atoms with E-state index in [0.717, 1.165) is 12.0 Å². The Morgan fingerprint density at radius 3 is 2.36 bits per heavy atom. The highest BCUT2D eigenvalue weighted by molar-refractivity contribution is 6.30. The zero-order chi connectivity index (χ0) is 18.1. The zero-order valence-electron chi connectivity index (χ0n) is 14.0. The van der Waals surface area contributed by atoms with Gasteiger partial charge in [0, 0.05) is 11.6 Å². The Morgan fingerprint density at radius 1 is 1.04 bits per heavy atom. The highest BCUT2D eigenvalue weighted by Gasteiger charge is 2.10. The van der Waals surface area contributed by atoms with Crippen LogP contribution in [0.1, 0.15) is 29.3 Å². The van der Waals surface area contributed by atoms with Crippen LogP contribution in [0.15, 0.2) is 48.5 Å². The fourth-order valence-electron chi connectivity index (χ4n) is 1.98. The minimum atomic E-state index is -0.552. The van der Waals surface area contributed by atoms with E-state index in [0.29, 0.717) is 29.5 Å². The van der Waals surface area contributed by atoms with Crippen molar-refractivity contribution in [3.63, 3.8) is 0 Å². The molecule has 0 fully saturated rings. The van der Waals surface area contributed by atoms with Gasteiger partial charge in [0.15, 0.2) is 6.61 Å². The normalized spacial score (nSPS) is 10.2. The number of hydrogen-bond donors (Lipinski definition) is 1. The van der Waals surface area contributed by atoms with Crippen molar-refractivity contribution in [1.29, 1.82) is 0 Å². The van der Waals surface area contributed by atoms with Crippen molar-refractivity contribution in [2.75, 3.05) is 13.2 Å². The first kappa shape index (κ1) is 18.8. The number of hydrogen-bond acceptors (Lipinski definition) is 4. The van der Waals surface area contributed by atoms with E-state index >= 15 is 0 Å². The van der Waals surface area contributed by atoms with E-state index in [-0.39, 0.29) is 12.5 Å². The zero-order valence-corrected chi connectivity index (χ0v) is 14.7. The third-order valence-corrected chi connectivity index (χ3v) is 3.55. The van der Waals surface area contributed by atoms with Crippen LogP contribution < -0.4 is 10.1 Å². The lowest BCUT2D eigenvalue weighted by atomic mass is 10.2. The molecule has 25 heavy (non-hydrogen) atoms. The van der Waals surface area contributed by atoms with Gasteiger partial charge in [-0.05, 0) is 48.4 Å². The molecule has 132 valence electrons. The number of benzene rings is 2. The Morgan fingerprint density at radius 2 is 1.72 bits per heavy atom. The lowest BCUT2D eigenvalue weighted by Gasteiger charge is -2.08. The molecule has 2 rings (SSSR count). The Labute approximate surface area is 151 Å². The van der Waals surface area contributed by atoms with Crippen molar-refractivity contribution in [3.8, 4) is 5.75 Å². The number of rotatable bonds is 8. The Bertz CT molecular complexity index is 698. The minimum absolute atomic E-state index is 0.333. The third-order valence-electron chi connectivity index (χ3n) is 3.30. The quantitative estimate of drug-likeness (QED) is 0.729. The molecule has 0 unspecified atom stereocenters. The second kappa shape index (κ2) is 9.69. The molecule has 0 saturated carbocycles.